The van der Waals surface area contributed by atoms with Gasteiger partial charge in [-0.15, -0.1) is 0 Å². The van der Waals surface area contributed by atoms with Gasteiger partial charge < -0.3 is 25.1 Å². The second-order valence-corrected chi connectivity index (χ2v) is 0.462. The molecule has 0 aromatic rings. The van der Waals surface area contributed by atoms with Crippen LogP contribution in [0.15, 0.2) is 0 Å². The van der Waals surface area contributed by atoms with Crippen LogP contribution in [0.3, 0.4) is 0 Å². The summed E-state index contributed by atoms with van der Waals surface area (Å²) in [5.74, 6) is 0. The summed E-state index contributed by atoms with van der Waals surface area (Å²) in [4.78, 5) is 0. The summed E-state index contributed by atoms with van der Waals surface area (Å²) >= 11 is 0. The van der Waals surface area contributed by atoms with Crippen LogP contribution in [0, 0.1) is 0 Å². The van der Waals surface area contributed by atoms with E-state index in [-0.39, 0.29) is 7.69 Å². The van der Waals surface area contributed by atoms with E-state index in [4.69, 9.17) is 25.1 Å². The van der Waals surface area contributed by atoms with Crippen LogP contribution in [0.1, 0.15) is 0 Å². The van der Waals surface area contributed by atoms with Gasteiger partial charge in [-0.3, -0.25) is 0 Å². The normalized spacial score (nSPS) is 5.86. The molecule has 5 N–H and O–H groups in total. The standard InChI is InChI=1S/BH3O3.BH2O2/c2-1(3)4;2-1-3/h2-4H;2-3H. The van der Waals surface area contributed by atoms with Crippen molar-refractivity contribution in [3.05, 3.63) is 0 Å². The average Bonchev–Trinajstić information content (AvgIpc) is 1.33. The molecule has 0 aliphatic heterocycles. The van der Waals surface area contributed by atoms with Crippen molar-refractivity contribution in [3.63, 3.8) is 0 Å². The molecule has 0 saturated carbocycles. The SMILES string of the molecule is OB(O)O.O[B]O. The Morgan fingerprint density at radius 2 is 1.00 bits per heavy atom. The highest BCUT2D eigenvalue weighted by Gasteiger charge is 1.92. The molecule has 5 nitrogen and oxygen atoms in total. The van der Waals surface area contributed by atoms with Gasteiger partial charge in [0, 0.05) is 0 Å². The van der Waals surface area contributed by atoms with Crippen LogP contribution >= 0.6 is 0 Å². The lowest BCUT2D eigenvalue weighted by Gasteiger charge is -1.69. The van der Waals surface area contributed by atoms with Gasteiger partial charge in [0.2, 0.25) is 0 Å². The van der Waals surface area contributed by atoms with Crippen LogP contribution in [0.2, 0.25) is 0 Å². The van der Waals surface area contributed by atoms with E-state index < -0.39 is 7.32 Å². The van der Waals surface area contributed by atoms with Gasteiger partial charge in [0.1, 0.15) is 0 Å². The Kier molecular flexibility index (Phi) is 13.4. The molecule has 0 saturated heterocycles. The highest BCUT2D eigenvalue weighted by molar-refractivity contribution is 6.30. The monoisotopic (exact) mass is 107 g/mol. The maximum Gasteiger partial charge on any atom is 0.631 e. The van der Waals surface area contributed by atoms with Crippen molar-refractivity contribution in [2.24, 2.45) is 0 Å². The van der Waals surface area contributed by atoms with Gasteiger partial charge in [0.05, 0.1) is 0 Å². The summed E-state index contributed by atoms with van der Waals surface area (Å²) in [5.41, 5.74) is 0. The molecule has 0 aliphatic carbocycles. The second-order valence-electron chi connectivity index (χ2n) is 0.462. The minimum absolute atomic E-state index is 0. The fourth-order valence-corrected chi connectivity index (χ4v) is 0. The van der Waals surface area contributed by atoms with Crippen molar-refractivity contribution < 1.29 is 25.1 Å². The van der Waals surface area contributed by atoms with Crippen molar-refractivity contribution in [2.75, 3.05) is 0 Å². The molecule has 7 heavy (non-hydrogen) atoms. The first kappa shape index (κ1) is 10.0. The van der Waals surface area contributed by atoms with Crippen molar-refractivity contribution >= 4 is 15.0 Å². The first-order valence-electron chi connectivity index (χ1n) is 1.29. The molecule has 0 rings (SSSR count). The van der Waals surface area contributed by atoms with Crippen molar-refractivity contribution in [1.29, 1.82) is 0 Å². The molecular weight excluding hydrogens is 102 g/mol. The van der Waals surface area contributed by atoms with Gasteiger partial charge in [0.15, 0.2) is 0 Å². The number of hydrogen-bond acceptors (Lipinski definition) is 5. The molecule has 0 fully saturated rings. The third-order valence-electron chi connectivity index (χ3n) is 0. The zero-order valence-corrected chi connectivity index (χ0v) is 3.39. The van der Waals surface area contributed by atoms with E-state index in [9.17, 15) is 0 Å². The van der Waals surface area contributed by atoms with E-state index in [0.29, 0.717) is 0 Å². The lowest BCUT2D eigenvalue weighted by atomic mass is 10.3. The average molecular weight is 107 g/mol. The Hall–Kier alpha value is -0.0701. The first-order chi connectivity index (χ1) is 3.15. The predicted octanol–water partition coefficient (Wildman–Crippen LogP) is -3.55. The fourth-order valence-electron chi connectivity index (χ4n) is 0. The van der Waals surface area contributed by atoms with E-state index in [1.807, 2.05) is 0 Å². The molecule has 0 atom stereocenters. The Morgan fingerprint density at radius 3 is 1.00 bits per heavy atom. The molecule has 41 valence electrons. The maximum absolute atomic E-state index is 7.17. The van der Waals surface area contributed by atoms with E-state index in [0.717, 1.165) is 0 Å². The van der Waals surface area contributed by atoms with Crippen LogP contribution in [-0.2, 0) is 0 Å². The van der Waals surface area contributed by atoms with E-state index in [1.54, 1.807) is 0 Å². The van der Waals surface area contributed by atoms with Gasteiger partial charge in [-0.25, -0.2) is 0 Å². The zero-order chi connectivity index (χ0) is 6.28. The van der Waals surface area contributed by atoms with Gasteiger partial charge in [-0.1, -0.05) is 0 Å². The van der Waals surface area contributed by atoms with Crippen LogP contribution < -0.4 is 0 Å². The van der Waals surface area contributed by atoms with Crippen molar-refractivity contribution in [2.45, 2.75) is 0 Å². The minimum Gasteiger partial charge on any atom is -0.429 e. The summed E-state index contributed by atoms with van der Waals surface area (Å²) in [6.07, 6.45) is 0. The number of rotatable bonds is 0. The lowest BCUT2D eigenvalue weighted by molar-refractivity contribution is 0.278. The smallest absolute Gasteiger partial charge is 0.429 e. The maximum atomic E-state index is 7.17. The summed E-state index contributed by atoms with van der Waals surface area (Å²) in [6, 6.07) is 0. The first-order valence-corrected chi connectivity index (χ1v) is 1.29. The fraction of sp³-hybridized carbons (Fsp3) is 0. The summed E-state index contributed by atoms with van der Waals surface area (Å²) < 4.78 is 0. The van der Waals surface area contributed by atoms with Crippen LogP contribution in [0.4, 0.5) is 0 Å². The number of hydrogen-bond donors (Lipinski definition) is 5. The molecular formula is H5B2O5. The van der Waals surface area contributed by atoms with Crippen LogP contribution in [-0.4, -0.2) is 40.1 Å². The Balaban J connectivity index is 0. The van der Waals surface area contributed by atoms with Gasteiger partial charge in [-0.2, -0.15) is 0 Å². The topological polar surface area (TPSA) is 101 Å². The van der Waals surface area contributed by atoms with E-state index >= 15 is 0 Å². The van der Waals surface area contributed by atoms with Crippen LogP contribution in [0.25, 0.3) is 0 Å². The van der Waals surface area contributed by atoms with Crippen LogP contribution in [0.5, 0.6) is 0 Å². The molecule has 0 heterocycles. The van der Waals surface area contributed by atoms with Gasteiger partial charge in [0.25, 0.3) is 0 Å². The summed E-state index contributed by atoms with van der Waals surface area (Å²) in [6.45, 7) is 0. The molecule has 0 spiro atoms. The molecule has 1 radical (unpaired) electrons. The summed E-state index contributed by atoms with van der Waals surface area (Å²) in [7, 11) is -2.17. The largest absolute Gasteiger partial charge is 0.631 e. The quantitative estimate of drug-likeness (QED) is 0.206. The second kappa shape index (κ2) is 9.33. The molecule has 7 heteroatoms. The molecule has 0 aromatic carbocycles. The third-order valence-corrected chi connectivity index (χ3v) is 0. The Bertz CT molecular complexity index is 17.3. The lowest BCUT2D eigenvalue weighted by Crippen LogP contribution is -2.07. The highest BCUT2D eigenvalue weighted by Crippen LogP contribution is 1.40. The predicted molar refractivity (Wildman–Crippen MR) is 22.6 cm³/mol. The zero-order valence-electron chi connectivity index (χ0n) is 3.39. The molecule has 0 unspecified atom stereocenters. The molecule has 0 aliphatic rings. The third kappa shape index (κ3) is 18600. The van der Waals surface area contributed by atoms with Gasteiger partial charge in [-0.05, 0) is 0 Å². The minimum atomic E-state index is -2.17. The Morgan fingerprint density at radius 1 is 1.00 bits per heavy atom. The molecule has 0 bridgehead atoms. The van der Waals surface area contributed by atoms with E-state index in [1.165, 1.54) is 0 Å². The molecule has 0 amide bonds. The van der Waals surface area contributed by atoms with Crippen molar-refractivity contribution in [3.8, 4) is 0 Å². The Labute approximate surface area is 41.3 Å². The van der Waals surface area contributed by atoms with E-state index in [2.05, 4.69) is 0 Å². The van der Waals surface area contributed by atoms with Gasteiger partial charge >= 0.3 is 15.0 Å². The summed E-state index contributed by atoms with van der Waals surface area (Å²) in [5, 5.41) is 35.5. The molecule has 0 aromatic heterocycles. The highest BCUT2D eigenvalue weighted by atomic mass is 16.5. The van der Waals surface area contributed by atoms with Crippen molar-refractivity contribution in [1.82, 2.24) is 0 Å².